The maximum atomic E-state index is 11.9. The van der Waals surface area contributed by atoms with Gasteiger partial charge in [0.15, 0.2) is 0 Å². The number of rotatable bonds is 6. The molecule has 0 aromatic heterocycles. The van der Waals surface area contributed by atoms with Crippen LogP contribution in [0.25, 0.3) is 0 Å². The van der Waals surface area contributed by atoms with E-state index in [4.69, 9.17) is 0 Å². The van der Waals surface area contributed by atoms with Gasteiger partial charge in [0, 0.05) is 11.6 Å². The highest BCUT2D eigenvalue weighted by atomic mass is 16.1. The van der Waals surface area contributed by atoms with E-state index in [2.05, 4.69) is 19.2 Å². The molecular formula is C14H21NO. The first-order valence-electron chi connectivity index (χ1n) is 6.13. The van der Waals surface area contributed by atoms with Crippen molar-refractivity contribution in [3.8, 4) is 0 Å². The molecule has 0 unspecified atom stereocenters. The molecule has 1 aromatic carbocycles. The Hall–Kier alpha value is -1.31. The van der Waals surface area contributed by atoms with Crippen molar-refractivity contribution in [3.05, 3.63) is 30.3 Å². The fourth-order valence-electron chi connectivity index (χ4n) is 1.74. The first-order chi connectivity index (χ1) is 7.77. The summed E-state index contributed by atoms with van der Waals surface area (Å²) in [4.78, 5) is 11.9. The molecule has 2 nitrogen and oxygen atoms in total. The van der Waals surface area contributed by atoms with E-state index in [9.17, 15) is 4.79 Å². The van der Waals surface area contributed by atoms with Crippen molar-refractivity contribution in [1.82, 2.24) is 0 Å². The molecule has 0 heterocycles. The van der Waals surface area contributed by atoms with E-state index >= 15 is 0 Å². The number of anilines is 1. The Kier molecular flexibility index (Phi) is 5.62. The van der Waals surface area contributed by atoms with E-state index in [1.54, 1.807) is 0 Å². The van der Waals surface area contributed by atoms with Gasteiger partial charge in [-0.1, -0.05) is 44.9 Å². The van der Waals surface area contributed by atoms with E-state index in [0.29, 0.717) is 0 Å². The molecule has 1 atom stereocenters. The SMILES string of the molecule is CCCC[C@@H](CC)C(=O)Nc1ccccc1. The van der Waals surface area contributed by atoms with Crippen LogP contribution in [0, 0.1) is 5.92 Å². The minimum Gasteiger partial charge on any atom is -0.326 e. The third-order valence-electron chi connectivity index (χ3n) is 2.81. The van der Waals surface area contributed by atoms with Gasteiger partial charge in [0.2, 0.25) is 5.91 Å². The summed E-state index contributed by atoms with van der Waals surface area (Å²) >= 11 is 0. The van der Waals surface area contributed by atoms with Crippen molar-refractivity contribution >= 4 is 11.6 Å². The lowest BCUT2D eigenvalue weighted by Gasteiger charge is -2.14. The van der Waals surface area contributed by atoms with Gasteiger partial charge in [-0.2, -0.15) is 0 Å². The number of carbonyl (C=O) groups is 1. The molecule has 1 N–H and O–H groups in total. The number of unbranched alkanes of at least 4 members (excludes halogenated alkanes) is 1. The minimum atomic E-state index is 0.153. The molecule has 0 radical (unpaired) electrons. The van der Waals surface area contributed by atoms with Crippen molar-refractivity contribution in [3.63, 3.8) is 0 Å². The molecule has 0 spiro atoms. The van der Waals surface area contributed by atoms with E-state index < -0.39 is 0 Å². The number of hydrogen-bond acceptors (Lipinski definition) is 1. The smallest absolute Gasteiger partial charge is 0.227 e. The molecule has 0 aliphatic carbocycles. The number of para-hydroxylation sites is 1. The van der Waals surface area contributed by atoms with Gasteiger partial charge in [0.25, 0.3) is 0 Å². The van der Waals surface area contributed by atoms with Gasteiger partial charge in [-0.25, -0.2) is 0 Å². The largest absolute Gasteiger partial charge is 0.326 e. The van der Waals surface area contributed by atoms with Gasteiger partial charge in [0.05, 0.1) is 0 Å². The molecule has 88 valence electrons. The zero-order valence-electron chi connectivity index (χ0n) is 10.2. The van der Waals surface area contributed by atoms with Crippen molar-refractivity contribution in [2.24, 2.45) is 5.92 Å². The second kappa shape index (κ2) is 7.04. The van der Waals surface area contributed by atoms with Gasteiger partial charge in [-0.05, 0) is 25.0 Å². The maximum absolute atomic E-state index is 11.9. The summed E-state index contributed by atoms with van der Waals surface area (Å²) in [5.74, 6) is 0.308. The highest BCUT2D eigenvalue weighted by molar-refractivity contribution is 5.92. The Morgan fingerprint density at radius 3 is 2.50 bits per heavy atom. The van der Waals surface area contributed by atoms with Gasteiger partial charge in [-0.15, -0.1) is 0 Å². The van der Waals surface area contributed by atoms with Crippen molar-refractivity contribution < 1.29 is 4.79 Å². The number of nitrogens with one attached hydrogen (secondary N) is 1. The van der Waals surface area contributed by atoms with Crippen LogP contribution < -0.4 is 5.32 Å². The molecule has 0 saturated carbocycles. The van der Waals surface area contributed by atoms with Gasteiger partial charge in [0.1, 0.15) is 0 Å². The fraction of sp³-hybridized carbons (Fsp3) is 0.500. The zero-order chi connectivity index (χ0) is 11.8. The van der Waals surface area contributed by atoms with E-state index in [-0.39, 0.29) is 11.8 Å². The average molecular weight is 219 g/mol. The van der Waals surface area contributed by atoms with Crippen molar-refractivity contribution in [2.75, 3.05) is 5.32 Å². The summed E-state index contributed by atoms with van der Waals surface area (Å²) in [6, 6.07) is 9.66. The molecular weight excluding hydrogens is 198 g/mol. The van der Waals surface area contributed by atoms with Crippen LogP contribution in [0.4, 0.5) is 5.69 Å². The summed E-state index contributed by atoms with van der Waals surface area (Å²) in [5, 5.41) is 2.96. The fourth-order valence-corrected chi connectivity index (χ4v) is 1.74. The predicted molar refractivity (Wildman–Crippen MR) is 68.4 cm³/mol. The molecule has 1 amide bonds. The lowest BCUT2D eigenvalue weighted by molar-refractivity contribution is -0.120. The number of carbonyl (C=O) groups excluding carboxylic acids is 1. The van der Waals surface area contributed by atoms with Crippen LogP contribution >= 0.6 is 0 Å². The molecule has 0 bridgehead atoms. The summed E-state index contributed by atoms with van der Waals surface area (Å²) in [5.41, 5.74) is 0.891. The Labute approximate surface area is 98.1 Å². The molecule has 0 fully saturated rings. The van der Waals surface area contributed by atoms with Gasteiger partial charge in [-0.3, -0.25) is 4.79 Å². The van der Waals surface area contributed by atoms with Crippen LogP contribution in [0.15, 0.2) is 30.3 Å². The summed E-state index contributed by atoms with van der Waals surface area (Å²) in [6.45, 7) is 4.23. The molecule has 16 heavy (non-hydrogen) atoms. The van der Waals surface area contributed by atoms with Crippen molar-refractivity contribution in [1.29, 1.82) is 0 Å². The summed E-state index contributed by atoms with van der Waals surface area (Å²) < 4.78 is 0. The van der Waals surface area contributed by atoms with Crippen LogP contribution in [-0.4, -0.2) is 5.91 Å². The third kappa shape index (κ3) is 4.05. The van der Waals surface area contributed by atoms with E-state index in [1.165, 1.54) is 0 Å². The van der Waals surface area contributed by atoms with Crippen molar-refractivity contribution in [2.45, 2.75) is 39.5 Å². The van der Waals surface area contributed by atoms with Crippen LogP contribution in [0.1, 0.15) is 39.5 Å². The topological polar surface area (TPSA) is 29.1 Å². The Morgan fingerprint density at radius 1 is 1.25 bits per heavy atom. The molecule has 1 rings (SSSR count). The Morgan fingerprint density at radius 2 is 1.94 bits per heavy atom. The molecule has 0 aliphatic heterocycles. The molecule has 0 aliphatic rings. The van der Waals surface area contributed by atoms with E-state index in [1.807, 2.05) is 30.3 Å². The minimum absolute atomic E-state index is 0.153. The normalized spacial score (nSPS) is 12.1. The monoisotopic (exact) mass is 219 g/mol. The Bertz CT molecular complexity index is 308. The van der Waals surface area contributed by atoms with Gasteiger partial charge < -0.3 is 5.32 Å². The zero-order valence-corrected chi connectivity index (χ0v) is 10.2. The second-order valence-corrected chi connectivity index (χ2v) is 4.10. The third-order valence-corrected chi connectivity index (χ3v) is 2.81. The molecule has 2 heteroatoms. The van der Waals surface area contributed by atoms with E-state index in [0.717, 1.165) is 31.4 Å². The predicted octanol–water partition coefficient (Wildman–Crippen LogP) is 3.84. The average Bonchev–Trinajstić information content (AvgIpc) is 2.31. The highest BCUT2D eigenvalue weighted by Gasteiger charge is 2.15. The summed E-state index contributed by atoms with van der Waals surface area (Å²) in [6.07, 6.45) is 4.18. The number of amides is 1. The first kappa shape index (κ1) is 12.8. The Balaban J connectivity index is 2.49. The maximum Gasteiger partial charge on any atom is 0.227 e. The summed E-state index contributed by atoms with van der Waals surface area (Å²) in [7, 11) is 0. The first-order valence-corrected chi connectivity index (χ1v) is 6.13. The number of benzene rings is 1. The lowest BCUT2D eigenvalue weighted by Crippen LogP contribution is -2.22. The van der Waals surface area contributed by atoms with Crippen LogP contribution in [-0.2, 0) is 4.79 Å². The molecule has 0 saturated heterocycles. The van der Waals surface area contributed by atoms with Gasteiger partial charge >= 0.3 is 0 Å². The lowest BCUT2D eigenvalue weighted by atomic mass is 9.98. The van der Waals surface area contributed by atoms with Crippen LogP contribution in [0.2, 0.25) is 0 Å². The van der Waals surface area contributed by atoms with Crippen LogP contribution in [0.3, 0.4) is 0 Å². The highest BCUT2D eigenvalue weighted by Crippen LogP contribution is 2.15. The standard InChI is InChI=1S/C14H21NO/c1-3-5-9-12(4-2)14(16)15-13-10-7-6-8-11-13/h6-8,10-12H,3-5,9H2,1-2H3,(H,15,16)/t12-/m1/s1. The quantitative estimate of drug-likeness (QED) is 0.773. The number of hydrogen-bond donors (Lipinski definition) is 1. The molecule has 1 aromatic rings. The second-order valence-electron chi connectivity index (χ2n) is 4.10. The van der Waals surface area contributed by atoms with Crippen LogP contribution in [0.5, 0.6) is 0 Å².